The molecule has 1 saturated carbocycles. The predicted octanol–water partition coefficient (Wildman–Crippen LogP) is 3.35. The molecule has 3 N–H and O–H groups in total. The number of anilines is 1. The maximum atomic E-state index is 13.6. The summed E-state index contributed by atoms with van der Waals surface area (Å²) in [5, 5.41) is 14.1. The number of benzene rings is 1. The topological polar surface area (TPSA) is 78.4 Å². The van der Waals surface area contributed by atoms with E-state index in [0.29, 0.717) is 17.3 Å². The second-order valence-electron chi connectivity index (χ2n) is 5.12. The van der Waals surface area contributed by atoms with Crippen molar-refractivity contribution in [3.05, 3.63) is 28.5 Å². The molecule has 21 heavy (non-hydrogen) atoms. The Hall–Kier alpha value is -1.63. The number of aliphatic carboxylic acids is 1. The number of carbonyl (C=O) groups is 2. The number of hydrogen-bond acceptors (Lipinski definition) is 2. The second kappa shape index (κ2) is 6.89. The number of nitrogens with one attached hydrogen (secondary N) is 2. The van der Waals surface area contributed by atoms with Crippen LogP contribution in [0.5, 0.6) is 0 Å². The number of amides is 2. The molecule has 0 radical (unpaired) electrons. The molecule has 1 aliphatic carbocycles. The van der Waals surface area contributed by atoms with Crippen molar-refractivity contribution in [1.82, 2.24) is 5.32 Å². The van der Waals surface area contributed by atoms with Crippen molar-refractivity contribution in [3.8, 4) is 0 Å². The lowest BCUT2D eigenvalue weighted by Gasteiger charge is -2.27. The molecule has 1 aliphatic rings. The van der Waals surface area contributed by atoms with E-state index in [-0.39, 0.29) is 11.7 Å². The van der Waals surface area contributed by atoms with Gasteiger partial charge in [0, 0.05) is 10.5 Å². The van der Waals surface area contributed by atoms with E-state index in [1.165, 1.54) is 12.1 Å². The Labute approximate surface area is 130 Å². The van der Waals surface area contributed by atoms with Crippen molar-refractivity contribution < 1.29 is 19.1 Å². The predicted molar refractivity (Wildman–Crippen MR) is 79.6 cm³/mol. The monoisotopic (exact) mass is 358 g/mol. The van der Waals surface area contributed by atoms with Crippen LogP contribution in [0.4, 0.5) is 14.9 Å². The largest absolute Gasteiger partial charge is 0.481 e. The summed E-state index contributed by atoms with van der Waals surface area (Å²) in [5.74, 6) is -1.79. The van der Waals surface area contributed by atoms with E-state index in [9.17, 15) is 14.0 Å². The normalized spacial score (nSPS) is 21.6. The molecule has 2 rings (SSSR count). The number of halogens is 2. The first-order valence-electron chi connectivity index (χ1n) is 6.71. The van der Waals surface area contributed by atoms with Gasteiger partial charge in [0.15, 0.2) is 0 Å². The maximum absolute atomic E-state index is 13.6. The standard InChI is InChI=1S/C14H16BrFN2O3/c15-9-4-5-12(11(16)7-9)18-14(21)17-10-3-1-2-8(6-10)13(19)20/h4-5,7-8,10H,1-3,6H2,(H,19,20)(H2,17,18,21). The zero-order chi connectivity index (χ0) is 15.4. The van der Waals surface area contributed by atoms with Gasteiger partial charge in [-0.1, -0.05) is 22.4 Å². The van der Waals surface area contributed by atoms with E-state index in [1.54, 1.807) is 6.07 Å². The zero-order valence-corrected chi connectivity index (χ0v) is 12.8. The van der Waals surface area contributed by atoms with E-state index >= 15 is 0 Å². The molecular formula is C14H16BrFN2O3. The van der Waals surface area contributed by atoms with Gasteiger partial charge in [-0.05, 0) is 37.5 Å². The molecule has 0 aliphatic heterocycles. The Morgan fingerprint density at radius 2 is 2.10 bits per heavy atom. The molecule has 1 aromatic rings. The van der Waals surface area contributed by atoms with E-state index in [2.05, 4.69) is 26.6 Å². The van der Waals surface area contributed by atoms with Gasteiger partial charge < -0.3 is 15.7 Å². The highest BCUT2D eigenvalue weighted by Crippen LogP contribution is 2.25. The van der Waals surface area contributed by atoms with Gasteiger partial charge in [0.25, 0.3) is 0 Å². The van der Waals surface area contributed by atoms with Crippen LogP contribution in [-0.2, 0) is 4.79 Å². The summed E-state index contributed by atoms with van der Waals surface area (Å²) in [5.41, 5.74) is 0.0845. The number of urea groups is 1. The summed E-state index contributed by atoms with van der Waals surface area (Å²) in [4.78, 5) is 22.8. The molecule has 5 nitrogen and oxygen atoms in total. The van der Waals surface area contributed by atoms with Crippen molar-refractivity contribution >= 4 is 33.6 Å². The molecule has 0 saturated heterocycles. The average Bonchev–Trinajstić information content (AvgIpc) is 2.42. The minimum Gasteiger partial charge on any atom is -0.481 e. The minimum absolute atomic E-state index is 0.0845. The lowest BCUT2D eigenvalue weighted by Crippen LogP contribution is -2.42. The average molecular weight is 359 g/mol. The van der Waals surface area contributed by atoms with Crippen LogP contribution < -0.4 is 10.6 Å². The molecule has 1 fully saturated rings. The van der Waals surface area contributed by atoms with Gasteiger partial charge in [-0.25, -0.2) is 9.18 Å². The molecule has 0 aromatic heterocycles. The zero-order valence-electron chi connectivity index (χ0n) is 11.2. The second-order valence-corrected chi connectivity index (χ2v) is 6.04. The first-order chi connectivity index (χ1) is 9.95. The molecule has 2 amide bonds. The van der Waals surface area contributed by atoms with Crippen molar-refractivity contribution in [2.75, 3.05) is 5.32 Å². The Balaban J connectivity index is 1.91. The number of carbonyl (C=O) groups excluding carboxylic acids is 1. The summed E-state index contributed by atoms with van der Waals surface area (Å²) in [6.45, 7) is 0. The summed E-state index contributed by atoms with van der Waals surface area (Å²) in [6.07, 6.45) is 2.54. The molecule has 2 unspecified atom stereocenters. The van der Waals surface area contributed by atoms with Crippen LogP contribution in [-0.4, -0.2) is 23.1 Å². The fraction of sp³-hybridized carbons (Fsp3) is 0.429. The maximum Gasteiger partial charge on any atom is 0.319 e. The van der Waals surface area contributed by atoms with Gasteiger partial charge in [-0.15, -0.1) is 0 Å². The molecule has 0 heterocycles. The molecule has 0 spiro atoms. The SMILES string of the molecule is O=C(Nc1ccc(Br)cc1F)NC1CCCC(C(=O)O)C1. The highest BCUT2D eigenvalue weighted by molar-refractivity contribution is 9.10. The fourth-order valence-corrected chi connectivity index (χ4v) is 2.81. The van der Waals surface area contributed by atoms with Crippen LogP contribution in [0.3, 0.4) is 0 Å². The summed E-state index contributed by atoms with van der Waals surface area (Å²) in [7, 11) is 0. The Morgan fingerprint density at radius 1 is 1.33 bits per heavy atom. The molecule has 1 aromatic carbocycles. The number of rotatable bonds is 3. The Kier molecular flexibility index (Phi) is 5.17. The Morgan fingerprint density at radius 3 is 2.76 bits per heavy atom. The van der Waals surface area contributed by atoms with Gasteiger partial charge in [0.1, 0.15) is 5.82 Å². The molecule has 7 heteroatoms. The van der Waals surface area contributed by atoms with E-state index < -0.39 is 23.7 Å². The third kappa shape index (κ3) is 4.42. The van der Waals surface area contributed by atoms with Crippen LogP contribution in [0.2, 0.25) is 0 Å². The van der Waals surface area contributed by atoms with E-state index in [0.717, 1.165) is 12.8 Å². The third-order valence-corrected chi connectivity index (χ3v) is 4.03. The van der Waals surface area contributed by atoms with Gasteiger partial charge in [-0.2, -0.15) is 0 Å². The van der Waals surface area contributed by atoms with E-state index in [1.807, 2.05) is 0 Å². The molecule has 114 valence electrons. The van der Waals surface area contributed by atoms with Gasteiger partial charge in [0.05, 0.1) is 11.6 Å². The molecular weight excluding hydrogens is 343 g/mol. The van der Waals surface area contributed by atoms with Crippen LogP contribution in [0.15, 0.2) is 22.7 Å². The highest BCUT2D eigenvalue weighted by Gasteiger charge is 2.27. The third-order valence-electron chi connectivity index (χ3n) is 3.54. The van der Waals surface area contributed by atoms with Crippen LogP contribution in [0.25, 0.3) is 0 Å². The van der Waals surface area contributed by atoms with Gasteiger partial charge in [-0.3, -0.25) is 4.79 Å². The summed E-state index contributed by atoms with van der Waals surface area (Å²) in [6, 6.07) is 3.63. The van der Waals surface area contributed by atoms with Crippen molar-refractivity contribution in [2.24, 2.45) is 5.92 Å². The summed E-state index contributed by atoms with van der Waals surface area (Å²) >= 11 is 3.14. The number of carboxylic acids is 1. The van der Waals surface area contributed by atoms with Crippen molar-refractivity contribution in [3.63, 3.8) is 0 Å². The minimum atomic E-state index is -0.833. The smallest absolute Gasteiger partial charge is 0.319 e. The van der Waals surface area contributed by atoms with Gasteiger partial charge in [0.2, 0.25) is 0 Å². The first-order valence-corrected chi connectivity index (χ1v) is 7.50. The van der Waals surface area contributed by atoms with Crippen LogP contribution in [0, 0.1) is 11.7 Å². The number of hydrogen-bond donors (Lipinski definition) is 3. The van der Waals surface area contributed by atoms with Gasteiger partial charge >= 0.3 is 12.0 Å². The number of carboxylic acid groups (broad SMARTS) is 1. The van der Waals surface area contributed by atoms with Crippen LogP contribution >= 0.6 is 15.9 Å². The first kappa shape index (κ1) is 15.8. The summed E-state index contributed by atoms with van der Waals surface area (Å²) < 4.78 is 14.2. The molecule has 0 bridgehead atoms. The fourth-order valence-electron chi connectivity index (χ4n) is 2.48. The lowest BCUT2D eigenvalue weighted by molar-refractivity contribution is -0.143. The molecule has 2 atom stereocenters. The lowest BCUT2D eigenvalue weighted by atomic mass is 9.86. The quantitative estimate of drug-likeness (QED) is 0.775. The Bertz CT molecular complexity index is 553. The van der Waals surface area contributed by atoms with E-state index in [4.69, 9.17) is 5.11 Å². The van der Waals surface area contributed by atoms with Crippen LogP contribution in [0.1, 0.15) is 25.7 Å². The highest BCUT2D eigenvalue weighted by atomic mass is 79.9. The van der Waals surface area contributed by atoms with Crippen molar-refractivity contribution in [2.45, 2.75) is 31.7 Å². The van der Waals surface area contributed by atoms with Crippen molar-refractivity contribution in [1.29, 1.82) is 0 Å².